The second-order valence-electron chi connectivity index (χ2n) is 10.4. The van der Waals surface area contributed by atoms with E-state index < -0.39 is 0 Å². The summed E-state index contributed by atoms with van der Waals surface area (Å²) >= 11 is 0. The van der Waals surface area contributed by atoms with Gasteiger partial charge in [-0.2, -0.15) is 0 Å². The molecule has 0 N–H and O–H groups in total. The number of hydrogen-bond acceptors (Lipinski definition) is 4. The second-order valence-corrected chi connectivity index (χ2v) is 10.4. The predicted molar refractivity (Wildman–Crippen MR) is 158 cm³/mol. The lowest BCUT2D eigenvalue weighted by Gasteiger charge is -2.14. The zero-order valence-electron chi connectivity index (χ0n) is 24.3. The summed E-state index contributed by atoms with van der Waals surface area (Å²) in [7, 11) is 0. The third-order valence-corrected chi connectivity index (χ3v) is 7.04. The molecule has 2 aromatic rings. The number of para-hydroxylation sites is 2. The van der Waals surface area contributed by atoms with E-state index in [1.165, 1.54) is 77.0 Å². The molecule has 0 aromatic heterocycles. The SMILES string of the molecule is CCCCCCCCCCCCCCCOc1ccccc1OC(=O)c1ccc(C(C)OCCCC)cc1. The first-order valence-electron chi connectivity index (χ1n) is 15.3. The van der Waals surface area contributed by atoms with E-state index in [0.29, 0.717) is 23.7 Å². The molecular formula is C34H52O4. The number of carbonyl (C=O) groups is 1. The van der Waals surface area contributed by atoms with Crippen LogP contribution in [0.15, 0.2) is 48.5 Å². The number of benzene rings is 2. The van der Waals surface area contributed by atoms with Gasteiger partial charge in [-0.15, -0.1) is 0 Å². The van der Waals surface area contributed by atoms with Gasteiger partial charge in [-0.25, -0.2) is 4.79 Å². The van der Waals surface area contributed by atoms with Gasteiger partial charge in [0.05, 0.1) is 18.3 Å². The molecule has 0 fully saturated rings. The van der Waals surface area contributed by atoms with Crippen molar-refractivity contribution >= 4 is 5.97 Å². The van der Waals surface area contributed by atoms with E-state index in [9.17, 15) is 4.79 Å². The average molecular weight is 525 g/mol. The van der Waals surface area contributed by atoms with Crippen LogP contribution in [0, 0.1) is 0 Å². The molecule has 0 radical (unpaired) electrons. The second kappa shape index (κ2) is 20.6. The van der Waals surface area contributed by atoms with Crippen LogP contribution in [0.1, 0.15) is 139 Å². The lowest BCUT2D eigenvalue weighted by Crippen LogP contribution is -2.10. The summed E-state index contributed by atoms with van der Waals surface area (Å²) in [6.07, 6.45) is 19.4. The van der Waals surface area contributed by atoms with Crippen LogP contribution >= 0.6 is 0 Å². The smallest absolute Gasteiger partial charge is 0.343 e. The molecule has 0 aliphatic rings. The molecule has 38 heavy (non-hydrogen) atoms. The maximum Gasteiger partial charge on any atom is 0.343 e. The van der Waals surface area contributed by atoms with E-state index in [0.717, 1.165) is 31.4 Å². The van der Waals surface area contributed by atoms with Gasteiger partial charge in [-0.3, -0.25) is 0 Å². The van der Waals surface area contributed by atoms with Gasteiger partial charge in [0, 0.05) is 6.61 Å². The van der Waals surface area contributed by atoms with Crippen molar-refractivity contribution in [1.82, 2.24) is 0 Å². The first-order valence-corrected chi connectivity index (χ1v) is 15.3. The lowest BCUT2D eigenvalue weighted by atomic mass is 10.0. The monoisotopic (exact) mass is 524 g/mol. The van der Waals surface area contributed by atoms with Crippen LogP contribution < -0.4 is 9.47 Å². The predicted octanol–water partition coefficient (Wildman–Crippen LogP) is 10.3. The van der Waals surface area contributed by atoms with Crippen LogP contribution in [0.2, 0.25) is 0 Å². The summed E-state index contributed by atoms with van der Waals surface area (Å²) in [5.41, 5.74) is 1.57. The van der Waals surface area contributed by atoms with Gasteiger partial charge in [-0.05, 0) is 49.6 Å². The molecule has 2 aromatic carbocycles. The highest BCUT2D eigenvalue weighted by molar-refractivity contribution is 5.91. The van der Waals surface area contributed by atoms with E-state index in [4.69, 9.17) is 14.2 Å². The van der Waals surface area contributed by atoms with Crippen molar-refractivity contribution in [3.05, 3.63) is 59.7 Å². The highest BCUT2D eigenvalue weighted by Crippen LogP contribution is 2.28. The molecule has 0 aliphatic carbocycles. The van der Waals surface area contributed by atoms with E-state index in [2.05, 4.69) is 13.8 Å². The summed E-state index contributed by atoms with van der Waals surface area (Å²) in [5.74, 6) is 0.704. The van der Waals surface area contributed by atoms with Crippen LogP contribution in [-0.4, -0.2) is 19.2 Å². The van der Waals surface area contributed by atoms with E-state index >= 15 is 0 Å². The number of rotatable bonds is 22. The molecule has 2 rings (SSSR count). The summed E-state index contributed by atoms with van der Waals surface area (Å²) in [5, 5.41) is 0. The Hall–Kier alpha value is -2.33. The van der Waals surface area contributed by atoms with Gasteiger partial charge >= 0.3 is 5.97 Å². The minimum absolute atomic E-state index is 0.00542. The van der Waals surface area contributed by atoms with E-state index in [1.54, 1.807) is 18.2 Å². The molecule has 212 valence electrons. The van der Waals surface area contributed by atoms with E-state index in [-0.39, 0.29) is 12.1 Å². The van der Waals surface area contributed by atoms with Crippen LogP contribution in [0.4, 0.5) is 0 Å². The Kier molecular flexibility index (Phi) is 17.3. The average Bonchev–Trinajstić information content (AvgIpc) is 2.94. The van der Waals surface area contributed by atoms with Gasteiger partial charge in [0.15, 0.2) is 11.5 Å². The number of esters is 1. The number of unbranched alkanes of at least 4 members (excludes halogenated alkanes) is 13. The largest absolute Gasteiger partial charge is 0.490 e. The Balaban J connectivity index is 1.63. The van der Waals surface area contributed by atoms with E-state index in [1.807, 2.05) is 37.3 Å². The Bertz CT molecular complexity index is 861. The molecule has 0 bridgehead atoms. The molecule has 0 saturated heterocycles. The Morgan fingerprint density at radius 2 is 1.16 bits per heavy atom. The van der Waals surface area contributed by atoms with Crippen LogP contribution in [0.3, 0.4) is 0 Å². The van der Waals surface area contributed by atoms with Gasteiger partial charge in [0.1, 0.15) is 0 Å². The van der Waals surface area contributed by atoms with Gasteiger partial charge < -0.3 is 14.2 Å². The highest BCUT2D eigenvalue weighted by atomic mass is 16.6. The molecule has 0 aliphatic heterocycles. The lowest BCUT2D eigenvalue weighted by molar-refractivity contribution is 0.0635. The van der Waals surface area contributed by atoms with Crippen molar-refractivity contribution in [3.8, 4) is 11.5 Å². The van der Waals surface area contributed by atoms with Crippen molar-refractivity contribution in [3.63, 3.8) is 0 Å². The van der Waals surface area contributed by atoms with Crippen LogP contribution in [0.5, 0.6) is 11.5 Å². The minimum Gasteiger partial charge on any atom is -0.490 e. The van der Waals surface area contributed by atoms with Crippen LogP contribution in [-0.2, 0) is 4.74 Å². The molecule has 1 atom stereocenters. The molecule has 4 heteroatoms. The van der Waals surface area contributed by atoms with Crippen molar-refractivity contribution in [2.75, 3.05) is 13.2 Å². The summed E-state index contributed by atoms with van der Waals surface area (Å²) < 4.78 is 17.5. The summed E-state index contributed by atoms with van der Waals surface area (Å²) in [6.45, 7) is 7.84. The highest BCUT2D eigenvalue weighted by Gasteiger charge is 2.14. The third-order valence-electron chi connectivity index (χ3n) is 7.04. The summed E-state index contributed by atoms with van der Waals surface area (Å²) in [6, 6.07) is 14.9. The summed E-state index contributed by atoms with van der Waals surface area (Å²) in [4.78, 5) is 12.8. The van der Waals surface area contributed by atoms with Gasteiger partial charge in [0.25, 0.3) is 0 Å². The fraction of sp³-hybridized carbons (Fsp3) is 0.618. The van der Waals surface area contributed by atoms with Gasteiger partial charge in [-0.1, -0.05) is 122 Å². The maximum absolute atomic E-state index is 12.8. The number of carbonyl (C=O) groups excluding carboxylic acids is 1. The maximum atomic E-state index is 12.8. The Morgan fingerprint density at radius 1 is 0.632 bits per heavy atom. The molecule has 0 amide bonds. The zero-order valence-corrected chi connectivity index (χ0v) is 24.3. The van der Waals surface area contributed by atoms with Crippen LogP contribution in [0.25, 0.3) is 0 Å². The molecular weight excluding hydrogens is 472 g/mol. The van der Waals surface area contributed by atoms with Crippen molar-refractivity contribution in [2.45, 2.75) is 123 Å². The standard InChI is InChI=1S/C34H52O4/c1-4-6-8-9-10-11-12-13-14-15-16-17-20-28-37-32-21-18-19-22-33(32)38-34(35)31-25-23-30(24-26-31)29(3)36-27-7-5-2/h18-19,21-26,29H,4-17,20,27-28H2,1-3H3. The first kappa shape index (κ1) is 31.9. The third kappa shape index (κ3) is 13.5. The number of ether oxygens (including phenoxy) is 3. The first-order chi connectivity index (χ1) is 18.7. The van der Waals surface area contributed by atoms with Crippen molar-refractivity contribution in [1.29, 1.82) is 0 Å². The Morgan fingerprint density at radius 3 is 1.74 bits per heavy atom. The fourth-order valence-corrected chi connectivity index (χ4v) is 4.51. The fourth-order valence-electron chi connectivity index (χ4n) is 4.51. The minimum atomic E-state index is -0.381. The Labute approximate surface area is 232 Å². The van der Waals surface area contributed by atoms with Crippen molar-refractivity contribution < 1.29 is 19.0 Å². The quantitative estimate of drug-likeness (QED) is 0.0873. The number of hydrogen-bond donors (Lipinski definition) is 0. The normalized spacial score (nSPS) is 11.9. The molecule has 0 heterocycles. The molecule has 1 unspecified atom stereocenters. The van der Waals surface area contributed by atoms with Crippen molar-refractivity contribution in [2.24, 2.45) is 0 Å². The zero-order chi connectivity index (χ0) is 27.3. The molecule has 0 saturated carbocycles. The molecule has 0 spiro atoms. The molecule has 4 nitrogen and oxygen atoms in total. The topological polar surface area (TPSA) is 44.8 Å². The van der Waals surface area contributed by atoms with Gasteiger partial charge in [0.2, 0.25) is 0 Å².